The van der Waals surface area contributed by atoms with E-state index in [4.69, 9.17) is 0 Å². The van der Waals surface area contributed by atoms with E-state index in [0.29, 0.717) is 29.4 Å². The Bertz CT molecular complexity index is 960. The molecule has 0 radical (unpaired) electrons. The summed E-state index contributed by atoms with van der Waals surface area (Å²) in [7, 11) is 0. The predicted molar refractivity (Wildman–Crippen MR) is 110 cm³/mol. The first-order chi connectivity index (χ1) is 13.4. The van der Waals surface area contributed by atoms with Crippen LogP contribution in [0.1, 0.15) is 40.4 Å². The molecule has 3 aromatic rings. The molecule has 144 valence electrons. The first-order valence-corrected chi connectivity index (χ1v) is 9.25. The number of carbonyl (C=O) groups is 2. The number of anilines is 1. The van der Waals surface area contributed by atoms with Gasteiger partial charge in [-0.05, 0) is 55.3 Å². The third-order valence-corrected chi connectivity index (χ3v) is 4.20. The van der Waals surface area contributed by atoms with Gasteiger partial charge in [0.2, 0.25) is 0 Å². The van der Waals surface area contributed by atoms with Crippen molar-refractivity contribution in [2.24, 2.45) is 5.92 Å². The summed E-state index contributed by atoms with van der Waals surface area (Å²) in [6.07, 6.45) is 0. The smallest absolute Gasteiger partial charge is 0.276 e. The molecular formula is C22H24N4O2. The zero-order valence-electron chi connectivity index (χ0n) is 16.3. The number of hydrogen-bond donors (Lipinski definition) is 2. The lowest BCUT2D eigenvalue weighted by Crippen LogP contribution is -2.27. The van der Waals surface area contributed by atoms with Gasteiger partial charge in [0, 0.05) is 23.5 Å². The fourth-order valence-corrected chi connectivity index (χ4v) is 2.71. The summed E-state index contributed by atoms with van der Waals surface area (Å²) in [5, 5.41) is 10.1. The maximum atomic E-state index is 12.5. The largest absolute Gasteiger partial charge is 0.352 e. The number of aromatic nitrogens is 2. The van der Waals surface area contributed by atoms with Crippen molar-refractivity contribution >= 4 is 17.5 Å². The molecule has 1 aromatic heterocycles. The van der Waals surface area contributed by atoms with E-state index in [1.165, 1.54) is 0 Å². The van der Waals surface area contributed by atoms with Crippen molar-refractivity contribution in [3.63, 3.8) is 0 Å². The zero-order chi connectivity index (χ0) is 20.1. The Kier molecular flexibility index (Phi) is 5.89. The highest BCUT2D eigenvalue weighted by Gasteiger charge is 2.14. The SMILES string of the molecule is Cc1cc(C(=O)Nc2ccc(C(=O)NCC(C)C)cc2)nn1-c1ccccc1. The lowest BCUT2D eigenvalue weighted by Gasteiger charge is -2.08. The Morgan fingerprint density at radius 3 is 2.32 bits per heavy atom. The molecule has 0 fully saturated rings. The maximum absolute atomic E-state index is 12.5. The van der Waals surface area contributed by atoms with Crippen molar-refractivity contribution in [2.45, 2.75) is 20.8 Å². The number of nitrogens with zero attached hydrogens (tertiary/aromatic N) is 2. The summed E-state index contributed by atoms with van der Waals surface area (Å²) >= 11 is 0. The normalized spacial score (nSPS) is 10.7. The molecule has 2 amide bonds. The molecule has 2 N–H and O–H groups in total. The number of nitrogens with one attached hydrogen (secondary N) is 2. The minimum atomic E-state index is -0.296. The van der Waals surface area contributed by atoms with E-state index < -0.39 is 0 Å². The summed E-state index contributed by atoms with van der Waals surface area (Å²) in [6, 6.07) is 18.2. The van der Waals surface area contributed by atoms with Gasteiger partial charge in [-0.1, -0.05) is 32.0 Å². The summed E-state index contributed by atoms with van der Waals surface area (Å²) in [4.78, 5) is 24.6. The van der Waals surface area contributed by atoms with Crippen molar-refractivity contribution in [2.75, 3.05) is 11.9 Å². The Morgan fingerprint density at radius 2 is 1.68 bits per heavy atom. The minimum Gasteiger partial charge on any atom is -0.352 e. The third-order valence-electron chi connectivity index (χ3n) is 4.20. The highest BCUT2D eigenvalue weighted by Crippen LogP contribution is 2.14. The van der Waals surface area contributed by atoms with E-state index >= 15 is 0 Å². The Hall–Kier alpha value is -3.41. The van der Waals surface area contributed by atoms with Crippen molar-refractivity contribution in [3.8, 4) is 5.69 Å². The van der Waals surface area contributed by atoms with Gasteiger partial charge in [0.05, 0.1) is 5.69 Å². The molecule has 0 aliphatic rings. The number of hydrogen-bond acceptors (Lipinski definition) is 3. The molecule has 3 rings (SSSR count). The first kappa shape index (κ1) is 19.4. The first-order valence-electron chi connectivity index (χ1n) is 9.25. The van der Waals surface area contributed by atoms with Crippen LogP contribution in [-0.4, -0.2) is 28.1 Å². The monoisotopic (exact) mass is 376 g/mol. The molecule has 0 saturated heterocycles. The van der Waals surface area contributed by atoms with Crippen molar-refractivity contribution < 1.29 is 9.59 Å². The quantitative estimate of drug-likeness (QED) is 0.687. The number of aryl methyl sites for hydroxylation is 1. The van der Waals surface area contributed by atoms with E-state index in [1.54, 1.807) is 35.0 Å². The van der Waals surface area contributed by atoms with Gasteiger partial charge in [0.1, 0.15) is 0 Å². The molecule has 6 nitrogen and oxygen atoms in total. The lowest BCUT2D eigenvalue weighted by atomic mass is 10.1. The van der Waals surface area contributed by atoms with E-state index in [0.717, 1.165) is 11.4 Å². The van der Waals surface area contributed by atoms with Crippen molar-refractivity contribution in [3.05, 3.63) is 77.6 Å². The second kappa shape index (κ2) is 8.52. The van der Waals surface area contributed by atoms with Gasteiger partial charge in [-0.3, -0.25) is 9.59 Å². The van der Waals surface area contributed by atoms with Gasteiger partial charge in [-0.2, -0.15) is 5.10 Å². The highest BCUT2D eigenvalue weighted by molar-refractivity contribution is 6.03. The Morgan fingerprint density at radius 1 is 1.00 bits per heavy atom. The lowest BCUT2D eigenvalue weighted by molar-refractivity contribution is 0.0948. The average Bonchev–Trinajstić information content (AvgIpc) is 3.09. The summed E-state index contributed by atoms with van der Waals surface area (Å²) in [5.41, 5.74) is 3.27. The van der Waals surface area contributed by atoms with Crippen LogP contribution < -0.4 is 10.6 Å². The van der Waals surface area contributed by atoms with Crippen LogP contribution in [0.4, 0.5) is 5.69 Å². The third kappa shape index (κ3) is 4.65. The number of amides is 2. The molecule has 28 heavy (non-hydrogen) atoms. The topological polar surface area (TPSA) is 76.0 Å². The second-order valence-corrected chi connectivity index (χ2v) is 7.05. The molecule has 0 spiro atoms. The molecule has 0 atom stereocenters. The van der Waals surface area contributed by atoms with Crippen LogP contribution in [-0.2, 0) is 0 Å². The van der Waals surface area contributed by atoms with Crippen LogP contribution in [0.3, 0.4) is 0 Å². The van der Waals surface area contributed by atoms with E-state index in [-0.39, 0.29) is 11.8 Å². The summed E-state index contributed by atoms with van der Waals surface area (Å²) in [6.45, 7) is 6.61. The van der Waals surface area contributed by atoms with Gasteiger partial charge >= 0.3 is 0 Å². The highest BCUT2D eigenvalue weighted by atomic mass is 16.2. The van der Waals surface area contributed by atoms with Crippen LogP contribution in [0, 0.1) is 12.8 Å². The van der Waals surface area contributed by atoms with Crippen molar-refractivity contribution in [1.29, 1.82) is 0 Å². The van der Waals surface area contributed by atoms with Gasteiger partial charge in [0.15, 0.2) is 5.69 Å². The summed E-state index contributed by atoms with van der Waals surface area (Å²) in [5.74, 6) is -0.0275. The Labute approximate surface area is 164 Å². The fourth-order valence-electron chi connectivity index (χ4n) is 2.71. The van der Waals surface area contributed by atoms with Crippen molar-refractivity contribution in [1.82, 2.24) is 15.1 Å². The van der Waals surface area contributed by atoms with Crippen LogP contribution in [0.2, 0.25) is 0 Å². The van der Waals surface area contributed by atoms with Gasteiger partial charge in [0.25, 0.3) is 11.8 Å². The predicted octanol–water partition coefficient (Wildman–Crippen LogP) is 3.82. The molecule has 0 saturated carbocycles. The number of carbonyl (C=O) groups excluding carboxylic acids is 2. The average molecular weight is 376 g/mol. The maximum Gasteiger partial charge on any atom is 0.276 e. The minimum absolute atomic E-state index is 0.121. The standard InChI is InChI=1S/C22H24N4O2/c1-15(2)14-23-21(27)17-9-11-18(12-10-17)24-22(28)20-13-16(3)26(25-20)19-7-5-4-6-8-19/h4-13,15H,14H2,1-3H3,(H,23,27)(H,24,28). The molecule has 6 heteroatoms. The van der Waals surface area contributed by atoms with E-state index in [1.807, 2.05) is 51.1 Å². The molecule has 0 bridgehead atoms. The van der Waals surface area contributed by atoms with Gasteiger partial charge in [-0.15, -0.1) is 0 Å². The van der Waals surface area contributed by atoms with Gasteiger partial charge < -0.3 is 10.6 Å². The fraction of sp³-hybridized carbons (Fsp3) is 0.227. The zero-order valence-corrected chi connectivity index (χ0v) is 16.3. The number of benzene rings is 2. The molecule has 0 unspecified atom stereocenters. The van der Waals surface area contributed by atoms with Crippen LogP contribution in [0.25, 0.3) is 5.69 Å². The second-order valence-electron chi connectivity index (χ2n) is 7.05. The molecule has 0 aliphatic carbocycles. The number of para-hydroxylation sites is 1. The molecular weight excluding hydrogens is 352 g/mol. The van der Waals surface area contributed by atoms with E-state index in [9.17, 15) is 9.59 Å². The van der Waals surface area contributed by atoms with Crippen LogP contribution in [0.5, 0.6) is 0 Å². The Balaban J connectivity index is 1.67. The summed E-state index contributed by atoms with van der Waals surface area (Å²) < 4.78 is 1.73. The molecule has 0 aliphatic heterocycles. The van der Waals surface area contributed by atoms with Gasteiger partial charge in [-0.25, -0.2) is 4.68 Å². The van der Waals surface area contributed by atoms with Crippen LogP contribution in [0.15, 0.2) is 60.7 Å². The van der Waals surface area contributed by atoms with E-state index in [2.05, 4.69) is 15.7 Å². The molecule has 1 heterocycles. The molecule has 2 aromatic carbocycles. The number of rotatable bonds is 6. The van der Waals surface area contributed by atoms with Crippen LogP contribution >= 0.6 is 0 Å².